The Labute approximate surface area is 111 Å². The van der Waals surface area contributed by atoms with E-state index in [4.69, 9.17) is 0 Å². The van der Waals surface area contributed by atoms with Gasteiger partial charge in [-0.3, -0.25) is 9.59 Å². The van der Waals surface area contributed by atoms with E-state index in [1.165, 1.54) is 12.8 Å². The Morgan fingerprint density at radius 2 is 2.16 bits per heavy atom. The largest absolute Gasteiger partial charge is 0.356 e. The second-order valence-corrected chi connectivity index (χ2v) is 5.92. The van der Waals surface area contributed by atoms with Gasteiger partial charge in [0.1, 0.15) is 0 Å². The molecule has 98 valence electrons. The predicted molar refractivity (Wildman–Crippen MR) is 70.6 cm³/mol. The monoisotopic (exact) mass is 256 g/mol. The van der Waals surface area contributed by atoms with Crippen molar-refractivity contribution in [3.05, 3.63) is 29.8 Å². The number of hydrogen-bond donors (Lipinski definition) is 2. The molecule has 0 bridgehead atoms. The van der Waals surface area contributed by atoms with Gasteiger partial charge in [-0.15, -0.1) is 0 Å². The minimum Gasteiger partial charge on any atom is -0.356 e. The van der Waals surface area contributed by atoms with Crippen LogP contribution in [0.15, 0.2) is 24.3 Å². The molecule has 1 aromatic carbocycles. The lowest BCUT2D eigenvalue weighted by Crippen LogP contribution is -2.32. The average Bonchev–Trinajstić information content (AvgIpc) is 3.29. The van der Waals surface area contributed by atoms with E-state index in [0.717, 1.165) is 17.8 Å². The Balaban J connectivity index is 1.56. The average molecular weight is 256 g/mol. The van der Waals surface area contributed by atoms with Crippen LogP contribution in [0.5, 0.6) is 0 Å². The molecule has 2 fully saturated rings. The molecule has 2 atom stereocenters. The molecular formula is C15H16N2O2. The van der Waals surface area contributed by atoms with Gasteiger partial charge in [-0.1, -0.05) is 18.2 Å². The molecule has 0 saturated heterocycles. The van der Waals surface area contributed by atoms with Crippen molar-refractivity contribution in [1.29, 1.82) is 0 Å². The van der Waals surface area contributed by atoms with Crippen LogP contribution in [0.25, 0.3) is 0 Å². The number of anilines is 1. The first-order valence-electron chi connectivity index (χ1n) is 6.90. The molecule has 1 aliphatic heterocycles. The molecule has 4 nitrogen and oxygen atoms in total. The van der Waals surface area contributed by atoms with E-state index in [1.807, 2.05) is 24.3 Å². The molecule has 4 heteroatoms. The van der Waals surface area contributed by atoms with Crippen molar-refractivity contribution in [2.24, 2.45) is 11.8 Å². The Kier molecular flexibility index (Phi) is 2.08. The maximum absolute atomic E-state index is 12.2. The van der Waals surface area contributed by atoms with Gasteiger partial charge >= 0.3 is 0 Å². The summed E-state index contributed by atoms with van der Waals surface area (Å²) < 4.78 is 0. The van der Waals surface area contributed by atoms with E-state index in [-0.39, 0.29) is 17.7 Å². The predicted octanol–water partition coefficient (Wildman–Crippen LogP) is 1.42. The van der Waals surface area contributed by atoms with Gasteiger partial charge in [-0.25, -0.2) is 0 Å². The van der Waals surface area contributed by atoms with Crippen LogP contribution < -0.4 is 10.6 Å². The van der Waals surface area contributed by atoms with Crippen LogP contribution in [0, 0.1) is 11.8 Å². The highest BCUT2D eigenvalue weighted by Gasteiger charge is 2.67. The summed E-state index contributed by atoms with van der Waals surface area (Å²) in [6.45, 7) is 0.772. The molecule has 0 unspecified atom stereocenters. The van der Waals surface area contributed by atoms with Gasteiger partial charge in [0.15, 0.2) is 0 Å². The van der Waals surface area contributed by atoms with Crippen molar-refractivity contribution < 1.29 is 9.59 Å². The maximum atomic E-state index is 12.2. The summed E-state index contributed by atoms with van der Waals surface area (Å²) >= 11 is 0. The summed E-state index contributed by atoms with van der Waals surface area (Å²) in [5, 5.41) is 5.88. The minimum atomic E-state index is -0.579. The first kappa shape index (κ1) is 11.0. The molecule has 0 radical (unpaired) electrons. The Hall–Kier alpha value is -1.84. The van der Waals surface area contributed by atoms with E-state index in [0.29, 0.717) is 12.3 Å². The number of para-hydroxylation sites is 1. The van der Waals surface area contributed by atoms with Crippen LogP contribution in [0.3, 0.4) is 0 Å². The molecule has 2 N–H and O–H groups in total. The van der Waals surface area contributed by atoms with E-state index in [9.17, 15) is 9.59 Å². The topological polar surface area (TPSA) is 58.2 Å². The Morgan fingerprint density at radius 3 is 2.95 bits per heavy atom. The van der Waals surface area contributed by atoms with E-state index < -0.39 is 5.41 Å². The number of fused-ring (bicyclic) bond motifs is 2. The van der Waals surface area contributed by atoms with Gasteiger partial charge in [0.25, 0.3) is 0 Å². The molecular weight excluding hydrogens is 240 g/mol. The van der Waals surface area contributed by atoms with Crippen LogP contribution in [0.4, 0.5) is 5.69 Å². The summed E-state index contributed by atoms with van der Waals surface area (Å²) in [5.74, 6) is 0.511. The van der Waals surface area contributed by atoms with Gasteiger partial charge in [0.2, 0.25) is 11.8 Å². The third-order valence-electron chi connectivity index (χ3n) is 4.60. The molecule has 4 rings (SSSR count). The molecule has 2 saturated carbocycles. The van der Waals surface area contributed by atoms with Gasteiger partial charge in [0, 0.05) is 12.2 Å². The molecule has 3 aliphatic rings. The SMILES string of the molecule is O=C(NCC1CC1)[C@H]1C[C@]12C(=O)Nc1ccccc12. The van der Waals surface area contributed by atoms with Crippen LogP contribution in [-0.4, -0.2) is 18.4 Å². The summed E-state index contributed by atoms with van der Waals surface area (Å²) in [4.78, 5) is 24.4. The fourth-order valence-electron chi connectivity index (χ4n) is 3.16. The Bertz CT molecular complexity index is 579. The zero-order valence-electron chi connectivity index (χ0n) is 10.6. The van der Waals surface area contributed by atoms with Crippen molar-refractivity contribution >= 4 is 17.5 Å². The van der Waals surface area contributed by atoms with E-state index in [1.54, 1.807) is 0 Å². The molecule has 1 heterocycles. The zero-order valence-corrected chi connectivity index (χ0v) is 10.6. The van der Waals surface area contributed by atoms with Crippen LogP contribution >= 0.6 is 0 Å². The first-order chi connectivity index (χ1) is 9.22. The van der Waals surface area contributed by atoms with Gasteiger partial charge in [0.05, 0.1) is 11.3 Å². The summed E-state index contributed by atoms with van der Waals surface area (Å²) in [5.41, 5.74) is 1.28. The highest BCUT2D eigenvalue weighted by molar-refractivity contribution is 6.12. The van der Waals surface area contributed by atoms with Crippen LogP contribution in [-0.2, 0) is 15.0 Å². The molecule has 2 aliphatic carbocycles. The fraction of sp³-hybridized carbons (Fsp3) is 0.467. The normalized spacial score (nSPS) is 30.9. The third-order valence-corrected chi connectivity index (χ3v) is 4.60. The molecule has 1 spiro atoms. The van der Waals surface area contributed by atoms with Crippen molar-refractivity contribution in [3.63, 3.8) is 0 Å². The van der Waals surface area contributed by atoms with E-state index >= 15 is 0 Å². The summed E-state index contributed by atoms with van der Waals surface area (Å²) in [7, 11) is 0. The highest BCUT2D eigenvalue weighted by Crippen LogP contribution is 2.59. The minimum absolute atomic E-state index is 0.0136. The van der Waals surface area contributed by atoms with Crippen molar-refractivity contribution in [3.8, 4) is 0 Å². The van der Waals surface area contributed by atoms with Gasteiger partial charge in [-0.2, -0.15) is 0 Å². The number of nitrogens with one attached hydrogen (secondary N) is 2. The molecule has 0 aromatic heterocycles. The van der Waals surface area contributed by atoms with Crippen molar-refractivity contribution in [1.82, 2.24) is 5.32 Å². The van der Waals surface area contributed by atoms with Gasteiger partial charge < -0.3 is 10.6 Å². The van der Waals surface area contributed by atoms with E-state index in [2.05, 4.69) is 10.6 Å². The molecule has 1 aromatic rings. The number of amides is 2. The highest BCUT2D eigenvalue weighted by atomic mass is 16.2. The number of carbonyl (C=O) groups excluding carboxylic acids is 2. The second kappa shape index (κ2) is 3.59. The lowest BCUT2D eigenvalue weighted by molar-refractivity contribution is -0.125. The molecule has 19 heavy (non-hydrogen) atoms. The number of hydrogen-bond acceptors (Lipinski definition) is 2. The van der Waals surface area contributed by atoms with Crippen LogP contribution in [0.1, 0.15) is 24.8 Å². The lowest BCUT2D eigenvalue weighted by Gasteiger charge is -2.08. The van der Waals surface area contributed by atoms with Crippen molar-refractivity contribution in [2.75, 3.05) is 11.9 Å². The lowest BCUT2D eigenvalue weighted by atomic mass is 9.94. The Morgan fingerprint density at radius 1 is 1.37 bits per heavy atom. The summed E-state index contributed by atoms with van der Waals surface area (Å²) in [6, 6.07) is 7.70. The number of rotatable bonds is 3. The maximum Gasteiger partial charge on any atom is 0.235 e. The first-order valence-corrected chi connectivity index (χ1v) is 6.90. The smallest absolute Gasteiger partial charge is 0.235 e. The molecule has 2 amide bonds. The number of benzene rings is 1. The standard InChI is InChI=1S/C15H16N2O2/c18-13(16-8-9-5-6-9)11-7-15(11)10-3-1-2-4-12(10)17-14(15)19/h1-4,9,11H,5-8H2,(H,16,18)(H,17,19)/t11-,15-/m1/s1. The van der Waals surface area contributed by atoms with Gasteiger partial charge in [-0.05, 0) is 36.8 Å². The zero-order chi connectivity index (χ0) is 13.0. The third kappa shape index (κ3) is 1.52. The number of carbonyl (C=O) groups is 2. The second-order valence-electron chi connectivity index (χ2n) is 5.92. The quantitative estimate of drug-likeness (QED) is 0.859. The summed E-state index contributed by atoms with van der Waals surface area (Å²) in [6.07, 6.45) is 3.09. The van der Waals surface area contributed by atoms with Crippen molar-refractivity contribution in [2.45, 2.75) is 24.7 Å². The fourth-order valence-corrected chi connectivity index (χ4v) is 3.16. The van der Waals surface area contributed by atoms with Crippen LogP contribution in [0.2, 0.25) is 0 Å².